The Morgan fingerprint density at radius 2 is 1.76 bits per heavy atom. The monoisotopic (exact) mass is 291 g/mol. The quantitative estimate of drug-likeness (QED) is 0.831. The molecule has 118 valence electrons. The molecule has 2 heterocycles. The molecule has 0 radical (unpaired) electrons. The topological polar surface area (TPSA) is 44.4 Å². The highest BCUT2D eigenvalue weighted by molar-refractivity contribution is 5.82. The Hall–Kier alpha value is -0.610. The fourth-order valence-corrected chi connectivity index (χ4v) is 4.67. The van der Waals surface area contributed by atoms with Gasteiger partial charge in [0.05, 0.1) is 6.04 Å². The van der Waals surface area contributed by atoms with Crippen molar-refractivity contribution >= 4 is 5.91 Å². The molecule has 0 aromatic carbocycles. The third-order valence-electron chi connectivity index (χ3n) is 6.12. The van der Waals surface area contributed by atoms with E-state index in [1.165, 1.54) is 51.6 Å². The summed E-state index contributed by atoms with van der Waals surface area (Å²) < 4.78 is 0. The molecule has 0 bridgehead atoms. The van der Waals surface area contributed by atoms with E-state index in [1.54, 1.807) is 0 Å². The van der Waals surface area contributed by atoms with Crippen molar-refractivity contribution in [1.82, 2.24) is 15.5 Å². The number of likely N-dealkylation sites (tertiary alicyclic amines) is 1. The van der Waals surface area contributed by atoms with E-state index >= 15 is 0 Å². The number of hydrogen-bond donors (Lipinski definition) is 2. The second-order valence-corrected chi connectivity index (χ2v) is 7.66. The molecule has 3 unspecified atom stereocenters. The van der Waals surface area contributed by atoms with Crippen LogP contribution < -0.4 is 10.6 Å². The summed E-state index contributed by atoms with van der Waals surface area (Å²) in [7, 11) is 0. The summed E-state index contributed by atoms with van der Waals surface area (Å²) in [4.78, 5) is 15.1. The first-order chi connectivity index (χ1) is 10.3. The number of nitrogens with one attached hydrogen (secondary N) is 2. The van der Waals surface area contributed by atoms with Crippen molar-refractivity contribution < 1.29 is 4.79 Å². The van der Waals surface area contributed by atoms with Crippen molar-refractivity contribution in [2.75, 3.05) is 13.1 Å². The predicted octanol–water partition coefficient (Wildman–Crippen LogP) is 1.65. The molecule has 2 saturated carbocycles. The molecule has 4 aliphatic rings. The SMILES string of the molecule is O=C(NC1CCN(C2CC2)CC1)C1CC2CCCCC2N1. The van der Waals surface area contributed by atoms with Gasteiger partial charge in [-0.15, -0.1) is 0 Å². The Bertz CT molecular complexity index is 373. The van der Waals surface area contributed by atoms with E-state index in [4.69, 9.17) is 0 Å². The van der Waals surface area contributed by atoms with Crippen LogP contribution in [0.4, 0.5) is 0 Å². The maximum atomic E-state index is 12.5. The first-order valence-electron chi connectivity index (χ1n) is 9.10. The Morgan fingerprint density at radius 3 is 2.48 bits per heavy atom. The third-order valence-corrected chi connectivity index (χ3v) is 6.12. The van der Waals surface area contributed by atoms with Crippen molar-refractivity contribution in [2.24, 2.45) is 5.92 Å². The molecule has 0 aromatic rings. The lowest BCUT2D eigenvalue weighted by atomic mass is 9.85. The number of carbonyl (C=O) groups excluding carboxylic acids is 1. The van der Waals surface area contributed by atoms with Crippen LogP contribution in [0.5, 0.6) is 0 Å². The van der Waals surface area contributed by atoms with Crippen molar-refractivity contribution in [3.63, 3.8) is 0 Å². The molecule has 2 saturated heterocycles. The Kier molecular flexibility index (Phi) is 3.92. The van der Waals surface area contributed by atoms with Gasteiger partial charge >= 0.3 is 0 Å². The van der Waals surface area contributed by atoms with Gasteiger partial charge < -0.3 is 15.5 Å². The van der Waals surface area contributed by atoms with Crippen molar-refractivity contribution in [3.05, 3.63) is 0 Å². The first kappa shape index (κ1) is 14.0. The molecule has 4 heteroatoms. The molecule has 4 fully saturated rings. The normalized spacial score (nSPS) is 38.2. The summed E-state index contributed by atoms with van der Waals surface area (Å²) in [5.74, 6) is 1.03. The van der Waals surface area contributed by atoms with Gasteiger partial charge in [-0.2, -0.15) is 0 Å². The minimum absolute atomic E-state index is 0.0829. The van der Waals surface area contributed by atoms with E-state index in [0.717, 1.165) is 31.2 Å². The van der Waals surface area contributed by atoms with E-state index in [0.29, 0.717) is 12.1 Å². The van der Waals surface area contributed by atoms with Crippen LogP contribution in [0.3, 0.4) is 0 Å². The lowest BCUT2D eigenvalue weighted by Gasteiger charge is -2.32. The first-order valence-corrected chi connectivity index (χ1v) is 9.10. The summed E-state index contributed by atoms with van der Waals surface area (Å²) in [5, 5.41) is 6.92. The maximum absolute atomic E-state index is 12.5. The van der Waals surface area contributed by atoms with Gasteiger partial charge in [0.25, 0.3) is 0 Å². The summed E-state index contributed by atoms with van der Waals surface area (Å²) in [5.41, 5.74) is 0. The van der Waals surface area contributed by atoms with Gasteiger partial charge in [0, 0.05) is 31.2 Å². The molecule has 0 spiro atoms. The fourth-order valence-electron chi connectivity index (χ4n) is 4.67. The second kappa shape index (κ2) is 5.88. The zero-order valence-electron chi connectivity index (χ0n) is 13.0. The molecule has 0 aromatic heterocycles. The van der Waals surface area contributed by atoms with Crippen molar-refractivity contribution in [3.8, 4) is 0 Å². The van der Waals surface area contributed by atoms with Crippen LogP contribution in [-0.2, 0) is 4.79 Å². The van der Waals surface area contributed by atoms with Gasteiger partial charge in [-0.05, 0) is 50.9 Å². The Labute approximate surface area is 128 Å². The highest BCUT2D eigenvalue weighted by Gasteiger charge is 2.39. The summed E-state index contributed by atoms with van der Waals surface area (Å²) in [6, 6.07) is 1.99. The van der Waals surface area contributed by atoms with Crippen LogP contribution >= 0.6 is 0 Å². The zero-order chi connectivity index (χ0) is 14.2. The summed E-state index contributed by atoms with van der Waals surface area (Å²) in [6.07, 6.45) is 11.4. The predicted molar refractivity (Wildman–Crippen MR) is 83.0 cm³/mol. The molecule has 1 amide bonds. The van der Waals surface area contributed by atoms with Gasteiger partial charge in [0.2, 0.25) is 5.91 Å². The maximum Gasteiger partial charge on any atom is 0.237 e. The van der Waals surface area contributed by atoms with Gasteiger partial charge in [-0.1, -0.05) is 12.8 Å². The van der Waals surface area contributed by atoms with Gasteiger partial charge in [-0.3, -0.25) is 4.79 Å². The molecule has 4 nitrogen and oxygen atoms in total. The molecule has 2 aliphatic heterocycles. The standard InChI is InChI=1S/C17H29N3O/c21-17(16-11-12-3-1-2-4-15(12)19-16)18-13-7-9-20(10-8-13)14-5-6-14/h12-16,19H,1-11H2,(H,18,21). The Morgan fingerprint density at radius 1 is 1.00 bits per heavy atom. The van der Waals surface area contributed by atoms with Crippen molar-refractivity contribution in [2.45, 2.75) is 82.0 Å². The second-order valence-electron chi connectivity index (χ2n) is 7.66. The number of amides is 1. The van der Waals surface area contributed by atoms with E-state index < -0.39 is 0 Å². The number of rotatable bonds is 3. The van der Waals surface area contributed by atoms with Gasteiger partial charge in [0.1, 0.15) is 0 Å². The lowest BCUT2D eigenvalue weighted by Crippen LogP contribution is -2.50. The number of carbonyl (C=O) groups is 1. The van der Waals surface area contributed by atoms with E-state index in [-0.39, 0.29) is 11.9 Å². The minimum atomic E-state index is 0.0829. The van der Waals surface area contributed by atoms with E-state index in [9.17, 15) is 4.79 Å². The minimum Gasteiger partial charge on any atom is -0.352 e. The number of fused-ring (bicyclic) bond motifs is 1. The number of hydrogen-bond acceptors (Lipinski definition) is 3. The smallest absolute Gasteiger partial charge is 0.237 e. The fraction of sp³-hybridized carbons (Fsp3) is 0.941. The highest BCUT2D eigenvalue weighted by atomic mass is 16.2. The highest BCUT2D eigenvalue weighted by Crippen LogP contribution is 2.33. The van der Waals surface area contributed by atoms with Crippen LogP contribution in [0.25, 0.3) is 0 Å². The summed E-state index contributed by atoms with van der Waals surface area (Å²) in [6.45, 7) is 2.36. The third kappa shape index (κ3) is 3.11. The molecule has 21 heavy (non-hydrogen) atoms. The molecular formula is C17H29N3O. The molecule has 3 atom stereocenters. The van der Waals surface area contributed by atoms with E-state index in [1.807, 2.05) is 0 Å². The van der Waals surface area contributed by atoms with Crippen LogP contribution in [0.2, 0.25) is 0 Å². The average molecular weight is 291 g/mol. The van der Waals surface area contributed by atoms with E-state index in [2.05, 4.69) is 15.5 Å². The Balaban J connectivity index is 1.24. The molecular weight excluding hydrogens is 262 g/mol. The largest absolute Gasteiger partial charge is 0.352 e. The van der Waals surface area contributed by atoms with Crippen LogP contribution in [-0.4, -0.2) is 48.1 Å². The molecule has 4 rings (SSSR count). The van der Waals surface area contributed by atoms with Crippen LogP contribution in [0.15, 0.2) is 0 Å². The van der Waals surface area contributed by atoms with Crippen LogP contribution in [0.1, 0.15) is 57.8 Å². The lowest BCUT2D eigenvalue weighted by molar-refractivity contribution is -0.123. The zero-order valence-corrected chi connectivity index (χ0v) is 13.0. The molecule has 2 N–H and O–H groups in total. The number of piperidine rings is 1. The molecule has 2 aliphatic carbocycles. The van der Waals surface area contributed by atoms with Gasteiger partial charge in [0.15, 0.2) is 0 Å². The summed E-state index contributed by atoms with van der Waals surface area (Å²) >= 11 is 0. The average Bonchev–Trinajstić information content (AvgIpc) is 3.26. The van der Waals surface area contributed by atoms with Gasteiger partial charge in [-0.25, -0.2) is 0 Å². The van der Waals surface area contributed by atoms with Crippen molar-refractivity contribution in [1.29, 1.82) is 0 Å². The number of nitrogens with zero attached hydrogens (tertiary/aromatic N) is 1. The van der Waals surface area contributed by atoms with Crippen LogP contribution in [0, 0.1) is 5.92 Å².